The number of likely N-dealkylation sites (N-methyl/N-ethyl adjacent to an activating group) is 1. The summed E-state index contributed by atoms with van der Waals surface area (Å²) in [6.07, 6.45) is 1.76. The summed E-state index contributed by atoms with van der Waals surface area (Å²) in [4.78, 5) is 28.1. The summed E-state index contributed by atoms with van der Waals surface area (Å²) in [5.74, 6) is -0.311. The molecule has 1 aliphatic rings. The van der Waals surface area contributed by atoms with Gasteiger partial charge in [-0.1, -0.05) is 11.6 Å². The van der Waals surface area contributed by atoms with Crippen LogP contribution in [0.5, 0.6) is 0 Å². The molecule has 0 radical (unpaired) electrons. The van der Waals surface area contributed by atoms with Crippen LogP contribution in [0.2, 0.25) is 10.4 Å². The van der Waals surface area contributed by atoms with Gasteiger partial charge in [0.15, 0.2) is 11.0 Å². The van der Waals surface area contributed by atoms with Gasteiger partial charge in [-0.3, -0.25) is 0 Å². The molecule has 0 aromatic carbocycles. The molecule has 7 nitrogen and oxygen atoms in total. The first-order valence-electron chi connectivity index (χ1n) is 8.87. The van der Waals surface area contributed by atoms with Gasteiger partial charge < -0.3 is 14.5 Å². The van der Waals surface area contributed by atoms with E-state index >= 15 is 0 Å². The van der Waals surface area contributed by atoms with Gasteiger partial charge in [0.05, 0.1) is 5.39 Å². The molecule has 10 heteroatoms. The third kappa shape index (κ3) is 4.07. The third-order valence-corrected chi connectivity index (χ3v) is 5.09. The predicted molar refractivity (Wildman–Crippen MR) is 107 cm³/mol. The van der Waals surface area contributed by atoms with E-state index in [9.17, 15) is 9.18 Å². The molecule has 3 heterocycles. The maximum Gasteiger partial charge on any atom is 0.410 e. The molecule has 1 amide bonds. The normalized spacial score (nSPS) is 19.9. The minimum absolute atomic E-state index is 0.0110. The van der Waals surface area contributed by atoms with E-state index in [1.807, 2.05) is 39.6 Å². The molecule has 0 aliphatic carbocycles. The monoisotopic (exact) mass is 429 g/mol. The summed E-state index contributed by atoms with van der Waals surface area (Å²) < 4.78 is 19.8. The van der Waals surface area contributed by atoms with Crippen molar-refractivity contribution in [3.05, 3.63) is 22.5 Å². The predicted octanol–water partition coefficient (Wildman–Crippen LogP) is 4.30. The minimum Gasteiger partial charge on any atom is -0.444 e. The second-order valence-electron chi connectivity index (χ2n) is 7.92. The van der Waals surface area contributed by atoms with Crippen LogP contribution in [0, 0.1) is 5.82 Å². The Morgan fingerprint density at radius 1 is 1.36 bits per heavy atom. The minimum atomic E-state index is -0.742. The first-order chi connectivity index (χ1) is 13.0. The summed E-state index contributed by atoms with van der Waals surface area (Å²) in [6, 6.07) is -0.0781. The van der Waals surface area contributed by atoms with Crippen LogP contribution in [-0.2, 0) is 4.74 Å². The van der Waals surface area contributed by atoms with E-state index in [2.05, 4.69) is 15.0 Å². The highest BCUT2D eigenvalue weighted by Gasteiger charge is 2.37. The Morgan fingerprint density at radius 2 is 2.04 bits per heavy atom. The van der Waals surface area contributed by atoms with E-state index in [-0.39, 0.29) is 34.1 Å². The number of pyridine rings is 1. The molecule has 0 N–H and O–H groups in total. The third-order valence-electron chi connectivity index (χ3n) is 4.66. The lowest BCUT2D eigenvalue weighted by atomic mass is 10.1. The number of carbonyl (C=O) groups is 1. The lowest BCUT2D eigenvalue weighted by Gasteiger charge is -2.28. The van der Waals surface area contributed by atoms with Crippen molar-refractivity contribution in [2.45, 2.75) is 51.8 Å². The van der Waals surface area contributed by atoms with E-state index in [0.717, 1.165) is 0 Å². The van der Waals surface area contributed by atoms with Gasteiger partial charge in [0.25, 0.3) is 0 Å². The fraction of sp³-hybridized carbons (Fsp3) is 0.556. The highest BCUT2D eigenvalue weighted by molar-refractivity contribution is 6.30. The van der Waals surface area contributed by atoms with Crippen molar-refractivity contribution in [3.8, 4) is 0 Å². The number of halogens is 3. The van der Waals surface area contributed by atoms with Crippen molar-refractivity contribution in [3.63, 3.8) is 0 Å². The van der Waals surface area contributed by atoms with Gasteiger partial charge >= 0.3 is 6.09 Å². The summed E-state index contributed by atoms with van der Waals surface area (Å²) >= 11 is 11.8. The zero-order chi connectivity index (χ0) is 20.8. The number of fused-ring (bicyclic) bond motifs is 1. The average molecular weight is 430 g/mol. The zero-order valence-corrected chi connectivity index (χ0v) is 17.8. The first-order valence-corrected chi connectivity index (χ1v) is 9.63. The number of hydrogen-bond acceptors (Lipinski definition) is 6. The molecule has 1 saturated heterocycles. The van der Waals surface area contributed by atoms with Crippen molar-refractivity contribution < 1.29 is 13.9 Å². The second kappa shape index (κ2) is 7.48. The SMILES string of the molecule is C[C@@H]1C[C@@H](N(C)c2nc(Cl)nc3c(F)c(Cl)ncc23)CN1C(=O)OC(C)(C)C. The number of carbonyl (C=O) groups excluding carboxylic acids is 1. The lowest BCUT2D eigenvalue weighted by molar-refractivity contribution is 0.0237. The average Bonchev–Trinajstić information content (AvgIpc) is 2.98. The van der Waals surface area contributed by atoms with Gasteiger partial charge in [-0.25, -0.2) is 19.2 Å². The fourth-order valence-electron chi connectivity index (χ4n) is 3.29. The molecule has 2 aromatic heterocycles. The molecule has 28 heavy (non-hydrogen) atoms. The highest BCUT2D eigenvalue weighted by atomic mass is 35.5. The molecule has 0 spiro atoms. The van der Waals surface area contributed by atoms with E-state index in [4.69, 9.17) is 27.9 Å². The standard InChI is InChI=1S/C18H22Cl2FN5O2/c1-9-6-10(8-26(9)17(27)28-18(2,3)4)25(5)15-11-7-22-14(19)12(21)13(11)23-16(20)24-15/h7,9-10H,6,8H2,1-5H3/t9-,10-/m1/s1. The van der Waals surface area contributed by atoms with Crippen LogP contribution in [0.1, 0.15) is 34.1 Å². The highest BCUT2D eigenvalue weighted by Crippen LogP contribution is 2.32. The first kappa shape index (κ1) is 20.8. The molecule has 2 aromatic rings. The number of hydrogen-bond donors (Lipinski definition) is 0. The smallest absolute Gasteiger partial charge is 0.410 e. The molecular formula is C18H22Cl2FN5O2. The largest absolute Gasteiger partial charge is 0.444 e. The van der Waals surface area contributed by atoms with Crippen LogP contribution in [0.25, 0.3) is 10.9 Å². The Labute approximate surface area is 172 Å². The van der Waals surface area contributed by atoms with E-state index in [1.54, 1.807) is 4.90 Å². The number of anilines is 1. The van der Waals surface area contributed by atoms with Crippen molar-refractivity contribution in [1.82, 2.24) is 19.9 Å². The van der Waals surface area contributed by atoms with Crippen LogP contribution in [-0.4, -0.2) is 57.2 Å². The number of aromatic nitrogens is 3. The molecule has 0 unspecified atom stereocenters. The van der Waals surface area contributed by atoms with Gasteiger partial charge in [0, 0.05) is 31.9 Å². The summed E-state index contributed by atoms with van der Waals surface area (Å²) in [5, 5.41) is 0.0317. The van der Waals surface area contributed by atoms with Crippen molar-refractivity contribution in [1.29, 1.82) is 0 Å². The summed E-state index contributed by atoms with van der Waals surface area (Å²) in [7, 11) is 1.82. The van der Waals surface area contributed by atoms with Gasteiger partial charge in [0.2, 0.25) is 5.28 Å². The van der Waals surface area contributed by atoms with Crippen LogP contribution >= 0.6 is 23.2 Å². The quantitative estimate of drug-likeness (QED) is 0.523. The Bertz CT molecular complexity index is 921. The number of amides is 1. The molecule has 1 aliphatic heterocycles. The van der Waals surface area contributed by atoms with E-state index < -0.39 is 11.4 Å². The topological polar surface area (TPSA) is 71.5 Å². The Hall–Kier alpha value is -1.93. The van der Waals surface area contributed by atoms with Gasteiger partial charge in [-0.2, -0.15) is 4.98 Å². The summed E-state index contributed by atoms with van der Waals surface area (Å²) in [5.41, 5.74) is -0.559. The zero-order valence-electron chi connectivity index (χ0n) is 16.3. The Balaban J connectivity index is 1.90. The number of rotatable bonds is 2. The van der Waals surface area contributed by atoms with Crippen molar-refractivity contribution >= 4 is 46.0 Å². The molecule has 0 bridgehead atoms. The van der Waals surface area contributed by atoms with Crippen molar-refractivity contribution in [2.24, 2.45) is 0 Å². The summed E-state index contributed by atoms with van der Waals surface area (Å²) in [6.45, 7) is 7.90. The van der Waals surface area contributed by atoms with Gasteiger partial charge in [-0.05, 0) is 45.7 Å². The Morgan fingerprint density at radius 3 is 2.68 bits per heavy atom. The molecular weight excluding hydrogens is 408 g/mol. The van der Waals surface area contributed by atoms with Gasteiger partial charge in [-0.15, -0.1) is 0 Å². The van der Waals surface area contributed by atoms with E-state index in [1.165, 1.54) is 6.20 Å². The van der Waals surface area contributed by atoms with Crippen LogP contribution in [0.4, 0.5) is 15.0 Å². The number of likely N-dealkylation sites (tertiary alicyclic amines) is 1. The lowest BCUT2D eigenvalue weighted by Crippen LogP contribution is -2.41. The molecule has 2 atom stereocenters. The maximum absolute atomic E-state index is 14.4. The second-order valence-corrected chi connectivity index (χ2v) is 8.62. The Kier molecular flexibility index (Phi) is 5.55. The van der Waals surface area contributed by atoms with Crippen LogP contribution in [0.15, 0.2) is 6.20 Å². The number of ether oxygens (including phenoxy) is 1. The van der Waals surface area contributed by atoms with Crippen LogP contribution < -0.4 is 4.90 Å². The number of nitrogens with zero attached hydrogens (tertiary/aromatic N) is 5. The van der Waals surface area contributed by atoms with Crippen LogP contribution in [0.3, 0.4) is 0 Å². The van der Waals surface area contributed by atoms with E-state index in [0.29, 0.717) is 24.2 Å². The van der Waals surface area contributed by atoms with Gasteiger partial charge in [0.1, 0.15) is 16.9 Å². The van der Waals surface area contributed by atoms with Crippen molar-refractivity contribution in [2.75, 3.05) is 18.5 Å². The fourth-order valence-corrected chi connectivity index (χ4v) is 3.60. The molecule has 0 saturated carbocycles. The maximum atomic E-state index is 14.4. The molecule has 1 fully saturated rings. The molecule has 3 rings (SSSR count). The molecule has 152 valence electrons.